The van der Waals surface area contributed by atoms with Crippen LogP contribution in [0.3, 0.4) is 0 Å². The number of phenolic OH excluding ortho intramolecular Hbond substituents is 1. The van der Waals surface area contributed by atoms with Gasteiger partial charge in [0, 0.05) is 94.7 Å². The second kappa shape index (κ2) is 23.5. The zero-order valence-corrected chi connectivity index (χ0v) is 47.1. The SMILES string of the molecule is CCC.CCc1cccc2cc(O)cc(-c3ncc4c(N5CC6CCC(C5)N6)nc(OCC5CN(CC6CN(c7cc(CC(=O)N8CCCC8C(=O)NC(C)c8ccc(-c9scnc9C)cc8)on7)C6)CCN5C)nc4c3F)c12. The summed E-state index contributed by atoms with van der Waals surface area (Å²) in [6.07, 6.45) is 7.24. The van der Waals surface area contributed by atoms with Gasteiger partial charge in [0.15, 0.2) is 11.6 Å². The average Bonchev–Trinajstić information content (AvgIpc) is 4.44. The molecule has 2 bridgehead atoms. The highest BCUT2D eigenvalue weighted by molar-refractivity contribution is 7.13. The first-order valence-corrected chi connectivity index (χ1v) is 29.2. The number of aryl methyl sites for hydroxylation is 2. The minimum Gasteiger partial charge on any atom is -0.508 e. The molecule has 416 valence electrons. The number of hydrogen-bond acceptors (Lipinski definition) is 16. The Kier molecular flexibility index (Phi) is 16.1. The molecule has 79 heavy (non-hydrogen) atoms. The van der Waals surface area contributed by atoms with E-state index in [0.717, 1.165) is 116 Å². The molecule has 5 unspecified atom stereocenters. The number of pyridine rings is 1. The number of aromatic nitrogens is 5. The number of phenols is 1. The van der Waals surface area contributed by atoms with E-state index in [2.05, 4.69) is 80.3 Å². The number of rotatable bonds is 15. The summed E-state index contributed by atoms with van der Waals surface area (Å²) in [5.41, 5.74) is 6.78. The van der Waals surface area contributed by atoms with Gasteiger partial charge in [-0.25, -0.2) is 9.37 Å². The van der Waals surface area contributed by atoms with E-state index in [0.29, 0.717) is 65.9 Å². The van der Waals surface area contributed by atoms with Gasteiger partial charge in [-0.1, -0.05) is 74.8 Å². The number of amides is 2. The predicted molar refractivity (Wildman–Crippen MR) is 307 cm³/mol. The lowest BCUT2D eigenvalue weighted by atomic mass is 9.95. The maximum atomic E-state index is 17.2. The number of ether oxygens (including phenoxy) is 1. The van der Waals surface area contributed by atoms with E-state index in [1.54, 1.807) is 34.6 Å². The monoisotopic (exact) mass is 1090 g/mol. The number of hydrogen-bond donors (Lipinski definition) is 3. The topological polar surface area (TPSA) is 181 Å². The van der Waals surface area contributed by atoms with Gasteiger partial charge in [-0.05, 0) is 92.6 Å². The number of fused-ring (bicyclic) bond motifs is 4. The fourth-order valence-corrected chi connectivity index (χ4v) is 13.1. The van der Waals surface area contributed by atoms with Crippen LogP contribution in [-0.2, 0) is 22.4 Å². The number of nitrogens with zero attached hydrogens (tertiary/aromatic N) is 10. The molecule has 5 aliphatic heterocycles. The molecule has 3 aromatic carbocycles. The quantitative estimate of drug-likeness (QED) is 0.0888. The van der Waals surface area contributed by atoms with Crippen LogP contribution in [0.5, 0.6) is 11.8 Å². The third-order valence-electron chi connectivity index (χ3n) is 16.4. The number of carbonyl (C=O) groups is 2. The third kappa shape index (κ3) is 11.5. The fraction of sp³-hybridized carbons (Fsp3) is 0.483. The summed E-state index contributed by atoms with van der Waals surface area (Å²) in [7, 11) is 2.11. The van der Waals surface area contributed by atoms with Crippen molar-refractivity contribution in [3.63, 3.8) is 0 Å². The number of thiazole rings is 1. The molecule has 5 saturated heterocycles. The van der Waals surface area contributed by atoms with Gasteiger partial charge < -0.3 is 39.7 Å². The molecule has 12 rings (SSSR count). The van der Waals surface area contributed by atoms with Gasteiger partial charge in [0.2, 0.25) is 11.8 Å². The summed E-state index contributed by atoms with van der Waals surface area (Å²) in [5, 5.41) is 24.2. The van der Waals surface area contributed by atoms with Crippen LogP contribution in [0.2, 0.25) is 0 Å². The number of likely N-dealkylation sites (N-methyl/N-ethyl adjacent to an activating group) is 1. The molecule has 5 aliphatic rings. The smallest absolute Gasteiger partial charge is 0.319 e. The maximum absolute atomic E-state index is 17.2. The fourth-order valence-electron chi connectivity index (χ4n) is 12.2. The first kappa shape index (κ1) is 54.2. The molecular formula is C60H73FN12O5S. The summed E-state index contributed by atoms with van der Waals surface area (Å²) in [5.74, 6) is 1.42. The van der Waals surface area contributed by atoms with Crippen molar-refractivity contribution in [3.8, 4) is 33.5 Å². The van der Waals surface area contributed by atoms with Gasteiger partial charge in [-0.15, -0.1) is 11.3 Å². The molecule has 0 radical (unpaired) electrons. The highest BCUT2D eigenvalue weighted by Gasteiger charge is 2.38. The molecule has 17 nitrogen and oxygen atoms in total. The Hall–Kier alpha value is -6.80. The minimum atomic E-state index is -0.572. The first-order chi connectivity index (χ1) is 38.3. The van der Waals surface area contributed by atoms with Gasteiger partial charge >= 0.3 is 6.01 Å². The Bertz CT molecular complexity index is 3300. The van der Waals surface area contributed by atoms with Crippen LogP contribution in [0.4, 0.5) is 16.0 Å². The van der Waals surface area contributed by atoms with Crippen LogP contribution in [-0.4, -0.2) is 153 Å². The molecule has 5 atom stereocenters. The summed E-state index contributed by atoms with van der Waals surface area (Å²) in [6.45, 7) is 17.7. The molecule has 4 aromatic heterocycles. The lowest BCUT2D eigenvalue weighted by Crippen LogP contribution is -2.58. The number of halogens is 1. The Morgan fingerprint density at radius 3 is 2.48 bits per heavy atom. The lowest BCUT2D eigenvalue weighted by molar-refractivity contribution is -0.138. The van der Waals surface area contributed by atoms with E-state index in [-0.39, 0.29) is 53.3 Å². The minimum absolute atomic E-state index is 0.0402. The van der Waals surface area contributed by atoms with Crippen molar-refractivity contribution in [1.82, 2.24) is 50.4 Å². The molecule has 2 amide bonds. The highest BCUT2D eigenvalue weighted by atomic mass is 32.1. The summed E-state index contributed by atoms with van der Waals surface area (Å²) < 4.78 is 29.4. The molecule has 5 fully saturated rings. The number of benzene rings is 3. The van der Waals surface area contributed by atoms with Gasteiger partial charge in [-0.3, -0.25) is 24.4 Å². The summed E-state index contributed by atoms with van der Waals surface area (Å²) >= 11 is 1.61. The number of nitrogens with one attached hydrogen (secondary N) is 2. The molecule has 0 saturated carbocycles. The van der Waals surface area contributed by atoms with E-state index in [9.17, 15) is 14.7 Å². The Balaban J connectivity index is 0.00000215. The van der Waals surface area contributed by atoms with E-state index >= 15 is 4.39 Å². The molecular weight excluding hydrogens is 1020 g/mol. The second-order valence-electron chi connectivity index (χ2n) is 22.3. The van der Waals surface area contributed by atoms with Gasteiger partial charge in [0.1, 0.15) is 41.2 Å². The molecule has 3 N–H and O–H groups in total. The summed E-state index contributed by atoms with van der Waals surface area (Å²) in [4.78, 5) is 58.1. The standard InChI is InChI=1S/C57H65FN12O5S.C3H8/c1-5-36-8-6-9-39-20-43(71)21-45(50(36)39)52-51(58)53-46(24-59-52)55(69-28-40-15-16-41(29-69)62-40)64-57(63-53)74-31-42-30-67(19-18-66(42)4)25-35-26-68(27-35)48-22-44(75-65-48)23-49(72)70-17-7-10-47(70)56(73)61-33(2)37-11-13-38(14-12-37)54-34(3)60-32-76-54;1-3-2/h6,8-9,11-14,20-22,24,32-33,35,40-42,47,62,71H,5,7,10,15-19,23,25-31H2,1-4H3,(H,61,73);3H2,1-2H3. The molecule has 7 aromatic rings. The number of anilines is 2. The van der Waals surface area contributed by atoms with E-state index in [1.165, 1.54) is 6.42 Å². The number of aromatic hydroxyl groups is 1. The van der Waals surface area contributed by atoms with E-state index in [1.807, 2.05) is 55.8 Å². The van der Waals surface area contributed by atoms with Crippen molar-refractivity contribution in [2.45, 2.75) is 110 Å². The van der Waals surface area contributed by atoms with Crippen LogP contribution in [0, 0.1) is 18.7 Å². The molecule has 19 heteroatoms. The van der Waals surface area contributed by atoms with E-state index < -0.39 is 11.9 Å². The van der Waals surface area contributed by atoms with Gasteiger partial charge in [0.25, 0.3) is 0 Å². The van der Waals surface area contributed by atoms with Gasteiger partial charge in [-0.2, -0.15) is 9.97 Å². The molecule has 0 spiro atoms. The first-order valence-electron chi connectivity index (χ1n) is 28.3. The van der Waals surface area contributed by atoms with Crippen molar-refractivity contribution < 1.29 is 28.3 Å². The van der Waals surface area contributed by atoms with Gasteiger partial charge in [0.05, 0.1) is 40.0 Å². The number of likely N-dealkylation sites (tertiary alicyclic amines) is 1. The highest BCUT2D eigenvalue weighted by Crippen LogP contribution is 2.40. The second-order valence-corrected chi connectivity index (χ2v) is 23.1. The number of piperazine rings is 2. The van der Waals surface area contributed by atoms with Crippen molar-refractivity contribution in [2.75, 3.05) is 82.4 Å². The van der Waals surface area contributed by atoms with Crippen LogP contribution in [0.15, 0.2) is 76.9 Å². The largest absolute Gasteiger partial charge is 0.508 e. The Morgan fingerprint density at radius 2 is 1.73 bits per heavy atom. The van der Waals surface area contributed by atoms with Crippen molar-refractivity contribution >= 4 is 56.5 Å². The Morgan fingerprint density at radius 1 is 0.949 bits per heavy atom. The average molecular weight is 1090 g/mol. The van der Waals surface area contributed by atoms with Crippen LogP contribution in [0.25, 0.3) is 43.4 Å². The zero-order chi connectivity index (χ0) is 54.9. The lowest BCUT2D eigenvalue weighted by Gasteiger charge is -2.45. The third-order valence-corrected chi connectivity index (χ3v) is 17.4. The summed E-state index contributed by atoms with van der Waals surface area (Å²) in [6, 6.07) is 19.3. The van der Waals surface area contributed by atoms with Crippen molar-refractivity contribution in [3.05, 3.63) is 101 Å². The molecule has 9 heterocycles. The number of carbonyl (C=O) groups excluding carboxylic acids is 2. The van der Waals surface area contributed by atoms with Crippen molar-refractivity contribution in [2.24, 2.45) is 5.92 Å². The normalized spacial score (nSPS) is 21.1. The Labute approximate surface area is 465 Å². The maximum Gasteiger partial charge on any atom is 0.319 e. The molecule has 0 aliphatic carbocycles. The van der Waals surface area contributed by atoms with Crippen LogP contribution < -0.4 is 25.2 Å². The van der Waals surface area contributed by atoms with E-state index in [4.69, 9.17) is 24.2 Å². The predicted octanol–water partition coefficient (Wildman–Crippen LogP) is 8.57. The van der Waals surface area contributed by atoms with Crippen molar-refractivity contribution in [1.29, 1.82) is 0 Å². The van der Waals surface area contributed by atoms with Crippen LogP contribution >= 0.6 is 11.3 Å². The zero-order valence-electron chi connectivity index (χ0n) is 46.3. The van der Waals surface area contributed by atoms with Crippen LogP contribution in [0.1, 0.15) is 88.4 Å².